The van der Waals surface area contributed by atoms with E-state index in [2.05, 4.69) is 0 Å². The smallest absolute Gasteiger partial charge is 0.410 e. The van der Waals surface area contributed by atoms with E-state index >= 15 is 0 Å². The van der Waals surface area contributed by atoms with Gasteiger partial charge in [0.25, 0.3) is 0 Å². The fraction of sp³-hybridized carbons (Fsp3) is 0.526. The maximum atomic E-state index is 12.5. The predicted molar refractivity (Wildman–Crippen MR) is 95.3 cm³/mol. The largest absolute Gasteiger partial charge is 0.466 e. The Morgan fingerprint density at radius 1 is 0.923 bits per heavy atom. The minimum Gasteiger partial charge on any atom is -0.466 e. The zero-order valence-electron chi connectivity index (χ0n) is 15.6. The van der Waals surface area contributed by atoms with Gasteiger partial charge < -0.3 is 14.2 Å². The molecule has 1 rings (SSSR count). The lowest BCUT2D eigenvalue weighted by molar-refractivity contribution is -0.148. The van der Waals surface area contributed by atoms with Crippen molar-refractivity contribution >= 4 is 18.0 Å². The highest BCUT2D eigenvalue weighted by Gasteiger charge is 2.29. The fourth-order valence-electron chi connectivity index (χ4n) is 2.38. The van der Waals surface area contributed by atoms with Crippen molar-refractivity contribution in [2.45, 2.75) is 46.3 Å². The summed E-state index contributed by atoms with van der Waals surface area (Å²) in [5.41, 5.74) is 0.829. The van der Waals surface area contributed by atoms with Crippen LogP contribution in [0.5, 0.6) is 0 Å². The number of rotatable bonds is 10. The molecular weight excluding hydrogens is 338 g/mol. The molecule has 1 aromatic rings. The van der Waals surface area contributed by atoms with Crippen molar-refractivity contribution in [3.63, 3.8) is 0 Å². The molecular formula is C19H27NO6. The molecule has 144 valence electrons. The highest BCUT2D eigenvalue weighted by molar-refractivity contribution is 5.79. The van der Waals surface area contributed by atoms with Crippen molar-refractivity contribution < 1.29 is 28.6 Å². The minimum atomic E-state index is -0.668. The molecule has 0 aliphatic heterocycles. The van der Waals surface area contributed by atoms with Crippen LogP contribution in [0.3, 0.4) is 0 Å². The number of hydrogen-bond donors (Lipinski definition) is 0. The van der Waals surface area contributed by atoms with E-state index in [9.17, 15) is 14.4 Å². The Balaban J connectivity index is 2.81. The van der Waals surface area contributed by atoms with Crippen LogP contribution in [0.1, 0.15) is 39.2 Å². The summed E-state index contributed by atoms with van der Waals surface area (Å²) >= 11 is 0. The van der Waals surface area contributed by atoms with Gasteiger partial charge in [0.1, 0.15) is 13.2 Å². The van der Waals surface area contributed by atoms with E-state index in [1.807, 2.05) is 37.3 Å². The van der Waals surface area contributed by atoms with Gasteiger partial charge in [-0.1, -0.05) is 37.3 Å². The molecule has 1 aromatic carbocycles. The van der Waals surface area contributed by atoms with E-state index in [0.717, 1.165) is 5.56 Å². The molecule has 0 aliphatic carbocycles. The van der Waals surface area contributed by atoms with Gasteiger partial charge >= 0.3 is 18.0 Å². The maximum absolute atomic E-state index is 12.5. The number of amides is 1. The van der Waals surface area contributed by atoms with Gasteiger partial charge in [-0.15, -0.1) is 0 Å². The van der Waals surface area contributed by atoms with E-state index in [1.54, 1.807) is 13.8 Å². The quantitative estimate of drug-likeness (QED) is 0.468. The van der Waals surface area contributed by atoms with Crippen LogP contribution >= 0.6 is 0 Å². The summed E-state index contributed by atoms with van der Waals surface area (Å²) in [7, 11) is 0. The van der Waals surface area contributed by atoms with Gasteiger partial charge in [-0.3, -0.25) is 14.5 Å². The van der Waals surface area contributed by atoms with Gasteiger partial charge in [0.15, 0.2) is 0 Å². The number of hydrogen-bond acceptors (Lipinski definition) is 6. The van der Waals surface area contributed by atoms with Gasteiger partial charge in [0, 0.05) is 6.04 Å². The SMILES string of the molecule is CCOC(=O)CC(CC)N(CC(=O)OCC)C(=O)OCc1ccccc1. The van der Waals surface area contributed by atoms with E-state index in [-0.39, 0.29) is 32.8 Å². The lowest BCUT2D eigenvalue weighted by Crippen LogP contribution is -2.45. The standard InChI is InChI=1S/C19H27NO6/c1-4-16(12-17(21)24-5-2)20(13-18(22)25-6-3)19(23)26-14-15-10-8-7-9-11-15/h7-11,16H,4-6,12-14H2,1-3H3. The third kappa shape index (κ3) is 7.55. The van der Waals surface area contributed by atoms with Crippen LogP contribution in [-0.2, 0) is 30.4 Å². The first kappa shape index (κ1) is 21.5. The topological polar surface area (TPSA) is 82.1 Å². The van der Waals surface area contributed by atoms with Crippen molar-refractivity contribution in [3.05, 3.63) is 35.9 Å². The first-order valence-corrected chi connectivity index (χ1v) is 8.80. The highest BCUT2D eigenvalue weighted by atomic mass is 16.6. The second-order valence-electron chi connectivity index (χ2n) is 5.54. The van der Waals surface area contributed by atoms with E-state index in [1.165, 1.54) is 4.90 Å². The molecule has 0 saturated carbocycles. The monoisotopic (exact) mass is 365 g/mol. The van der Waals surface area contributed by atoms with Crippen molar-refractivity contribution in [1.29, 1.82) is 0 Å². The van der Waals surface area contributed by atoms with Crippen LogP contribution < -0.4 is 0 Å². The molecule has 0 aromatic heterocycles. The Bertz CT molecular complexity index is 575. The third-order valence-corrected chi connectivity index (χ3v) is 3.66. The molecule has 0 N–H and O–H groups in total. The lowest BCUT2D eigenvalue weighted by atomic mass is 10.1. The first-order chi connectivity index (χ1) is 12.5. The second kappa shape index (κ2) is 11.9. The van der Waals surface area contributed by atoms with E-state index in [0.29, 0.717) is 6.42 Å². The molecule has 0 fully saturated rings. The Labute approximate surface area is 154 Å². The van der Waals surface area contributed by atoms with Crippen LogP contribution in [0, 0.1) is 0 Å². The summed E-state index contributed by atoms with van der Waals surface area (Å²) in [6, 6.07) is 8.70. The Morgan fingerprint density at radius 2 is 1.54 bits per heavy atom. The van der Waals surface area contributed by atoms with Crippen molar-refractivity contribution in [2.75, 3.05) is 19.8 Å². The number of ether oxygens (including phenoxy) is 3. The van der Waals surface area contributed by atoms with Gasteiger partial charge in [0.05, 0.1) is 19.6 Å². The Kier molecular flexibility index (Phi) is 9.82. The highest BCUT2D eigenvalue weighted by Crippen LogP contribution is 2.13. The van der Waals surface area contributed by atoms with E-state index < -0.39 is 24.1 Å². The van der Waals surface area contributed by atoms with Gasteiger partial charge in [-0.2, -0.15) is 0 Å². The average molecular weight is 365 g/mol. The normalized spacial score (nSPS) is 11.3. The van der Waals surface area contributed by atoms with Crippen molar-refractivity contribution in [2.24, 2.45) is 0 Å². The van der Waals surface area contributed by atoms with Gasteiger partial charge in [-0.25, -0.2) is 4.79 Å². The zero-order valence-corrected chi connectivity index (χ0v) is 15.6. The zero-order chi connectivity index (χ0) is 19.4. The molecule has 26 heavy (non-hydrogen) atoms. The van der Waals surface area contributed by atoms with Crippen LogP contribution in [-0.4, -0.2) is 48.7 Å². The van der Waals surface area contributed by atoms with Crippen LogP contribution in [0.15, 0.2) is 30.3 Å². The number of nitrogens with zero attached hydrogens (tertiary/aromatic N) is 1. The molecule has 1 unspecified atom stereocenters. The summed E-state index contributed by atoms with van der Waals surface area (Å²) in [5.74, 6) is -0.976. The average Bonchev–Trinajstić information content (AvgIpc) is 2.64. The summed E-state index contributed by atoms with van der Waals surface area (Å²) in [5, 5.41) is 0. The molecule has 0 spiro atoms. The molecule has 0 radical (unpaired) electrons. The van der Waals surface area contributed by atoms with Crippen molar-refractivity contribution in [3.8, 4) is 0 Å². The van der Waals surface area contributed by atoms with E-state index in [4.69, 9.17) is 14.2 Å². The first-order valence-electron chi connectivity index (χ1n) is 8.80. The maximum Gasteiger partial charge on any atom is 0.410 e. The fourth-order valence-corrected chi connectivity index (χ4v) is 2.38. The number of carbonyl (C=O) groups is 3. The van der Waals surface area contributed by atoms with Crippen LogP contribution in [0.4, 0.5) is 4.79 Å². The summed E-state index contributed by atoms with van der Waals surface area (Å²) in [6.07, 6.45) is -0.207. The predicted octanol–water partition coefficient (Wildman–Crippen LogP) is 2.92. The number of carbonyl (C=O) groups excluding carboxylic acids is 3. The molecule has 0 bridgehead atoms. The second-order valence-corrected chi connectivity index (χ2v) is 5.54. The molecule has 1 amide bonds. The van der Waals surface area contributed by atoms with Crippen molar-refractivity contribution in [1.82, 2.24) is 4.90 Å². The summed E-state index contributed by atoms with van der Waals surface area (Å²) in [6.45, 7) is 5.49. The number of esters is 2. The Hall–Kier alpha value is -2.57. The molecule has 7 heteroatoms. The molecule has 0 saturated heterocycles. The lowest BCUT2D eigenvalue weighted by Gasteiger charge is -2.29. The van der Waals surface area contributed by atoms with Gasteiger partial charge in [-0.05, 0) is 25.8 Å². The molecule has 1 atom stereocenters. The summed E-state index contributed by atoms with van der Waals surface area (Å²) in [4.78, 5) is 37.5. The molecule has 0 heterocycles. The number of benzene rings is 1. The van der Waals surface area contributed by atoms with Crippen LogP contribution in [0.2, 0.25) is 0 Å². The summed E-state index contributed by atoms with van der Waals surface area (Å²) < 4.78 is 15.2. The molecule has 7 nitrogen and oxygen atoms in total. The van der Waals surface area contributed by atoms with Crippen LogP contribution in [0.25, 0.3) is 0 Å². The molecule has 0 aliphatic rings. The Morgan fingerprint density at radius 3 is 2.12 bits per heavy atom. The third-order valence-electron chi connectivity index (χ3n) is 3.66. The van der Waals surface area contributed by atoms with Gasteiger partial charge in [0.2, 0.25) is 0 Å². The minimum absolute atomic E-state index is 0.00974.